The molecule has 0 unspecified atom stereocenters. The molecule has 0 atom stereocenters. The predicted molar refractivity (Wildman–Crippen MR) is 151 cm³/mol. The van der Waals surface area contributed by atoms with Crippen LogP contribution in [0.1, 0.15) is 22.3 Å². The molecule has 0 radical (unpaired) electrons. The molecule has 6 nitrogen and oxygen atoms in total. The van der Waals surface area contributed by atoms with Crippen molar-refractivity contribution in [1.29, 1.82) is 0 Å². The molecule has 0 saturated heterocycles. The van der Waals surface area contributed by atoms with E-state index in [-0.39, 0.29) is 0 Å². The SMILES string of the molecule is Cc1cc(N)cc(C)c1-c1ccncc1.Cc1cc(N)cc(C)c1I.OB(O)c1ccncc1. The van der Waals surface area contributed by atoms with Crippen molar-refractivity contribution in [2.24, 2.45) is 0 Å². The average molecular weight is 568 g/mol. The number of benzene rings is 2. The molecule has 0 fully saturated rings. The van der Waals surface area contributed by atoms with Gasteiger partial charge in [-0.3, -0.25) is 9.97 Å². The monoisotopic (exact) mass is 568 g/mol. The summed E-state index contributed by atoms with van der Waals surface area (Å²) in [6, 6.07) is 15.1. The number of nitrogen functional groups attached to an aromatic ring is 2. The van der Waals surface area contributed by atoms with Gasteiger partial charge in [0.2, 0.25) is 0 Å². The number of anilines is 2. The molecule has 0 aliphatic heterocycles. The second-order valence-electron chi connectivity index (χ2n) is 7.89. The summed E-state index contributed by atoms with van der Waals surface area (Å²) in [5.41, 5.74) is 21.0. The number of nitrogens with two attached hydrogens (primary N) is 2. The van der Waals surface area contributed by atoms with Crippen LogP contribution < -0.4 is 16.9 Å². The molecule has 2 aromatic heterocycles. The Hall–Kier alpha value is -2.95. The van der Waals surface area contributed by atoms with E-state index < -0.39 is 7.12 Å². The van der Waals surface area contributed by atoms with Crippen molar-refractivity contribution in [2.75, 3.05) is 11.5 Å². The number of aromatic nitrogens is 2. The number of aryl methyl sites for hydroxylation is 4. The molecule has 6 N–H and O–H groups in total. The third-order valence-corrected chi connectivity index (χ3v) is 6.69. The summed E-state index contributed by atoms with van der Waals surface area (Å²) in [7, 11) is -1.38. The van der Waals surface area contributed by atoms with Gasteiger partial charge in [0.25, 0.3) is 0 Å². The molecule has 0 aliphatic rings. The van der Waals surface area contributed by atoms with E-state index >= 15 is 0 Å². The van der Waals surface area contributed by atoms with Gasteiger partial charge in [-0.15, -0.1) is 0 Å². The summed E-state index contributed by atoms with van der Waals surface area (Å²) in [4.78, 5) is 7.73. The maximum atomic E-state index is 8.55. The maximum Gasteiger partial charge on any atom is 0.488 e. The van der Waals surface area contributed by atoms with Crippen LogP contribution in [0.5, 0.6) is 0 Å². The number of nitrogens with zero attached hydrogens (tertiary/aromatic N) is 2. The molecule has 0 saturated carbocycles. The Kier molecular flexibility index (Phi) is 10.5. The zero-order valence-corrected chi connectivity index (χ0v) is 22.0. The molecule has 2 heterocycles. The Balaban J connectivity index is 0.000000189. The third-order valence-electron chi connectivity index (χ3n) is 4.99. The molecule has 8 heteroatoms. The van der Waals surface area contributed by atoms with E-state index in [2.05, 4.69) is 60.3 Å². The summed E-state index contributed by atoms with van der Waals surface area (Å²) in [6.07, 6.45) is 6.64. The molecule has 0 bridgehead atoms. The first kappa shape index (κ1) is 27.3. The highest BCUT2D eigenvalue weighted by atomic mass is 127. The van der Waals surface area contributed by atoms with Gasteiger partial charge in [0, 0.05) is 39.7 Å². The molecule has 4 rings (SSSR count). The molecule has 0 amide bonds. The van der Waals surface area contributed by atoms with Gasteiger partial charge in [0.15, 0.2) is 0 Å². The molecule has 34 heavy (non-hydrogen) atoms. The van der Waals surface area contributed by atoms with Gasteiger partial charge in [0.1, 0.15) is 0 Å². The minimum absolute atomic E-state index is 0.463. The van der Waals surface area contributed by atoms with Gasteiger partial charge in [-0.05, 0) is 138 Å². The molecule has 176 valence electrons. The van der Waals surface area contributed by atoms with Crippen molar-refractivity contribution in [2.45, 2.75) is 27.7 Å². The van der Waals surface area contributed by atoms with Crippen LogP contribution in [0, 0.1) is 31.3 Å². The third kappa shape index (κ3) is 8.12. The Morgan fingerprint density at radius 2 is 1.06 bits per heavy atom. The average Bonchev–Trinajstić information content (AvgIpc) is 2.79. The lowest BCUT2D eigenvalue weighted by Crippen LogP contribution is -2.29. The molecule has 0 spiro atoms. The van der Waals surface area contributed by atoms with Gasteiger partial charge < -0.3 is 21.5 Å². The normalized spacial score (nSPS) is 9.85. The van der Waals surface area contributed by atoms with Crippen molar-refractivity contribution >= 4 is 46.5 Å². The predicted octanol–water partition coefficient (Wildman–Crippen LogP) is 4.20. The zero-order chi connectivity index (χ0) is 25.3. The standard InChI is InChI=1S/C13H14N2.C8H10IN.C5H6BNO2/c1-9-7-12(14)8-10(2)13(9)11-3-5-15-6-4-11;1-5-3-7(10)4-6(2)8(5)9;8-6(9)5-1-3-7-4-2-5/h3-8H,14H2,1-2H3;3-4H,10H2,1-2H3;1-4,8-9H. The first-order chi connectivity index (χ1) is 16.1. The fourth-order valence-electron chi connectivity index (χ4n) is 3.49. The van der Waals surface area contributed by atoms with E-state index in [1.54, 1.807) is 12.1 Å². The molecular weight excluding hydrogens is 538 g/mol. The first-order valence-corrected chi connectivity index (χ1v) is 11.7. The fourth-order valence-corrected chi connectivity index (χ4v) is 3.80. The van der Waals surface area contributed by atoms with E-state index in [1.807, 2.05) is 48.8 Å². The largest absolute Gasteiger partial charge is 0.488 e. The molecular formula is C26H30BIN4O2. The second kappa shape index (κ2) is 13.1. The van der Waals surface area contributed by atoms with Gasteiger partial charge in [0.05, 0.1) is 0 Å². The number of halogens is 1. The quantitative estimate of drug-likeness (QED) is 0.164. The van der Waals surface area contributed by atoms with E-state index in [0.717, 1.165) is 11.4 Å². The lowest BCUT2D eigenvalue weighted by atomic mass is 9.81. The van der Waals surface area contributed by atoms with Crippen molar-refractivity contribution in [3.05, 3.63) is 99.1 Å². The Labute approximate surface area is 215 Å². The van der Waals surface area contributed by atoms with Crippen LogP contribution in [0.2, 0.25) is 0 Å². The van der Waals surface area contributed by atoms with E-state index in [0.29, 0.717) is 5.46 Å². The van der Waals surface area contributed by atoms with Crippen molar-refractivity contribution in [3.8, 4) is 11.1 Å². The second-order valence-corrected chi connectivity index (χ2v) is 8.97. The number of pyridine rings is 2. The van der Waals surface area contributed by atoms with E-state index in [4.69, 9.17) is 21.5 Å². The molecule has 0 aliphatic carbocycles. The van der Waals surface area contributed by atoms with Gasteiger partial charge in [-0.1, -0.05) is 0 Å². The first-order valence-electron chi connectivity index (χ1n) is 10.7. The van der Waals surface area contributed by atoms with Crippen LogP contribution in [0.25, 0.3) is 11.1 Å². The highest BCUT2D eigenvalue weighted by Gasteiger charge is 2.08. The summed E-state index contributed by atoms with van der Waals surface area (Å²) >= 11 is 2.33. The van der Waals surface area contributed by atoms with E-state index in [1.165, 1.54) is 49.3 Å². The minimum atomic E-state index is -1.38. The van der Waals surface area contributed by atoms with Crippen molar-refractivity contribution < 1.29 is 10.0 Å². The summed E-state index contributed by atoms with van der Waals surface area (Å²) < 4.78 is 1.31. The highest BCUT2D eigenvalue weighted by Crippen LogP contribution is 2.28. The van der Waals surface area contributed by atoms with Crippen LogP contribution in [0.15, 0.2) is 73.3 Å². The molecule has 4 aromatic rings. The van der Waals surface area contributed by atoms with Crippen LogP contribution in [-0.2, 0) is 0 Å². The number of hydrogen-bond donors (Lipinski definition) is 4. The topological polar surface area (TPSA) is 118 Å². The molecule has 2 aromatic carbocycles. The fraction of sp³-hybridized carbons (Fsp3) is 0.154. The van der Waals surface area contributed by atoms with Crippen LogP contribution in [0.3, 0.4) is 0 Å². The van der Waals surface area contributed by atoms with E-state index in [9.17, 15) is 0 Å². The lowest BCUT2D eigenvalue weighted by Gasteiger charge is -2.10. The summed E-state index contributed by atoms with van der Waals surface area (Å²) in [6.45, 7) is 8.31. The van der Waals surface area contributed by atoms with Crippen LogP contribution in [0.4, 0.5) is 11.4 Å². The number of rotatable bonds is 2. The van der Waals surface area contributed by atoms with Gasteiger partial charge >= 0.3 is 7.12 Å². The summed E-state index contributed by atoms with van der Waals surface area (Å²) in [5.74, 6) is 0. The van der Waals surface area contributed by atoms with Crippen LogP contribution in [-0.4, -0.2) is 27.1 Å². The van der Waals surface area contributed by atoms with Crippen molar-refractivity contribution in [1.82, 2.24) is 9.97 Å². The Morgan fingerprint density at radius 1 is 0.676 bits per heavy atom. The van der Waals surface area contributed by atoms with Gasteiger partial charge in [-0.2, -0.15) is 0 Å². The Bertz CT molecular complexity index is 1160. The van der Waals surface area contributed by atoms with Crippen molar-refractivity contribution in [3.63, 3.8) is 0 Å². The lowest BCUT2D eigenvalue weighted by molar-refractivity contribution is 0.425. The van der Waals surface area contributed by atoms with Gasteiger partial charge in [-0.25, -0.2) is 0 Å². The highest BCUT2D eigenvalue weighted by molar-refractivity contribution is 14.1. The van der Waals surface area contributed by atoms with Crippen LogP contribution >= 0.6 is 22.6 Å². The summed E-state index contributed by atoms with van der Waals surface area (Å²) in [5, 5.41) is 17.1. The smallest absolute Gasteiger partial charge is 0.423 e. The zero-order valence-electron chi connectivity index (χ0n) is 19.8. The number of hydrogen-bond acceptors (Lipinski definition) is 6. The Morgan fingerprint density at radius 3 is 1.44 bits per heavy atom. The maximum absolute atomic E-state index is 8.55. The minimum Gasteiger partial charge on any atom is -0.423 e.